The van der Waals surface area contributed by atoms with Gasteiger partial charge >= 0.3 is 0 Å². The lowest BCUT2D eigenvalue weighted by molar-refractivity contribution is -0.122. The van der Waals surface area contributed by atoms with Crippen LogP contribution in [0.5, 0.6) is 0 Å². The number of hydrogen-bond acceptors (Lipinski definition) is 1. The Labute approximate surface area is 96.1 Å². The number of hydrogen-bond donors (Lipinski definition) is 1. The summed E-state index contributed by atoms with van der Waals surface area (Å²) in [6, 6.07) is 7.66. The van der Waals surface area contributed by atoms with Gasteiger partial charge in [0.15, 0.2) is 0 Å². The summed E-state index contributed by atoms with van der Waals surface area (Å²) in [5.41, 5.74) is 1.78. The van der Waals surface area contributed by atoms with Gasteiger partial charge in [-0.15, -0.1) is 5.92 Å². The van der Waals surface area contributed by atoms with Gasteiger partial charge in [0.25, 0.3) is 0 Å². The van der Waals surface area contributed by atoms with Crippen LogP contribution in [-0.2, 0) is 4.79 Å². The zero-order valence-corrected chi connectivity index (χ0v) is 9.42. The molecule has 0 aliphatic heterocycles. The highest BCUT2D eigenvalue weighted by Gasteiger charge is 2.24. The fraction of sp³-hybridized carbons (Fsp3) is 0.357. The van der Waals surface area contributed by atoms with Crippen molar-refractivity contribution < 1.29 is 4.79 Å². The molecule has 1 amide bonds. The molecule has 1 aromatic carbocycles. The molecule has 0 saturated heterocycles. The molecule has 2 nitrogen and oxygen atoms in total. The van der Waals surface area contributed by atoms with Crippen LogP contribution >= 0.6 is 0 Å². The normalized spacial score (nSPS) is 14.6. The number of benzene rings is 1. The minimum Gasteiger partial charge on any atom is -0.326 e. The monoisotopic (exact) mass is 213 g/mol. The van der Waals surface area contributed by atoms with E-state index in [2.05, 4.69) is 17.2 Å². The van der Waals surface area contributed by atoms with Crippen LogP contribution in [0, 0.1) is 17.8 Å². The van der Waals surface area contributed by atoms with Gasteiger partial charge in [-0.05, 0) is 38.0 Å². The largest absolute Gasteiger partial charge is 0.326 e. The molecular formula is C14H15NO. The third kappa shape index (κ3) is 2.43. The van der Waals surface area contributed by atoms with Gasteiger partial charge in [0, 0.05) is 17.2 Å². The van der Waals surface area contributed by atoms with Crippen LogP contribution in [0.4, 0.5) is 5.69 Å². The molecule has 1 aliphatic carbocycles. The van der Waals surface area contributed by atoms with Crippen LogP contribution in [0.25, 0.3) is 0 Å². The summed E-state index contributed by atoms with van der Waals surface area (Å²) in [6.45, 7) is 1.81. The molecule has 1 fully saturated rings. The molecule has 1 aromatic rings. The number of amides is 1. The predicted octanol–water partition coefficient (Wildman–Crippen LogP) is 2.80. The summed E-state index contributed by atoms with van der Waals surface area (Å²) in [5.74, 6) is 6.19. The Balaban J connectivity index is 2.04. The van der Waals surface area contributed by atoms with Crippen molar-refractivity contribution in [3.63, 3.8) is 0 Å². The highest BCUT2D eigenvalue weighted by molar-refractivity contribution is 5.93. The minimum atomic E-state index is 0.146. The van der Waals surface area contributed by atoms with E-state index >= 15 is 0 Å². The second kappa shape index (κ2) is 4.85. The molecule has 0 heterocycles. The van der Waals surface area contributed by atoms with E-state index in [-0.39, 0.29) is 11.8 Å². The first-order valence-corrected chi connectivity index (χ1v) is 5.63. The lowest BCUT2D eigenvalue weighted by atomic mass is 9.85. The van der Waals surface area contributed by atoms with Crippen molar-refractivity contribution in [3.05, 3.63) is 29.8 Å². The summed E-state index contributed by atoms with van der Waals surface area (Å²) in [6.07, 6.45) is 3.24. The van der Waals surface area contributed by atoms with E-state index in [9.17, 15) is 4.79 Å². The zero-order chi connectivity index (χ0) is 11.4. The molecule has 1 N–H and O–H groups in total. The first-order valence-electron chi connectivity index (χ1n) is 5.63. The Bertz CT molecular complexity index is 449. The number of anilines is 1. The molecule has 2 rings (SSSR count). The maximum absolute atomic E-state index is 11.7. The molecule has 0 atom stereocenters. The Morgan fingerprint density at radius 3 is 2.88 bits per heavy atom. The number of nitrogens with one attached hydrogen (secondary N) is 1. The topological polar surface area (TPSA) is 29.1 Å². The Morgan fingerprint density at radius 2 is 2.25 bits per heavy atom. The Hall–Kier alpha value is -1.75. The first-order chi connectivity index (χ1) is 7.79. The van der Waals surface area contributed by atoms with Crippen LogP contribution in [0.2, 0.25) is 0 Å². The van der Waals surface area contributed by atoms with Crippen LogP contribution in [0.1, 0.15) is 31.7 Å². The molecule has 0 aromatic heterocycles. The summed E-state index contributed by atoms with van der Waals surface area (Å²) in [5, 5.41) is 2.94. The second-order valence-electron chi connectivity index (χ2n) is 4.07. The van der Waals surface area contributed by atoms with E-state index in [0.717, 1.165) is 24.1 Å². The number of carbonyl (C=O) groups is 1. The SMILES string of the molecule is CC#Cc1cccc(NC(=O)C2CCC2)c1. The average Bonchev–Trinajstić information content (AvgIpc) is 2.15. The van der Waals surface area contributed by atoms with Crippen molar-refractivity contribution in [1.29, 1.82) is 0 Å². The van der Waals surface area contributed by atoms with Gasteiger partial charge in [-0.2, -0.15) is 0 Å². The summed E-state index contributed by atoms with van der Waals surface area (Å²) < 4.78 is 0. The fourth-order valence-corrected chi connectivity index (χ4v) is 1.73. The third-order valence-electron chi connectivity index (χ3n) is 2.88. The maximum Gasteiger partial charge on any atom is 0.227 e. The number of rotatable bonds is 2. The molecule has 0 radical (unpaired) electrons. The highest BCUT2D eigenvalue weighted by Crippen LogP contribution is 2.27. The molecule has 2 heteroatoms. The van der Waals surface area contributed by atoms with E-state index in [1.165, 1.54) is 6.42 Å². The number of carbonyl (C=O) groups excluding carboxylic acids is 1. The summed E-state index contributed by atoms with van der Waals surface area (Å²) in [4.78, 5) is 11.7. The van der Waals surface area contributed by atoms with E-state index in [0.29, 0.717) is 0 Å². The van der Waals surface area contributed by atoms with Crippen LogP contribution in [0.3, 0.4) is 0 Å². The van der Waals surface area contributed by atoms with E-state index in [1.807, 2.05) is 24.3 Å². The van der Waals surface area contributed by atoms with E-state index in [4.69, 9.17) is 0 Å². The molecule has 0 bridgehead atoms. The van der Waals surface area contributed by atoms with Gasteiger partial charge in [0.1, 0.15) is 0 Å². The average molecular weight is 213 g/mol. The minimum absolute atomic E-state index is 0.146. The van der Waals surface area contributed by atoms with E-state index < -0.39 is 0 Å². The molecular weight excluding hydrogens is 198 g/mol. The molecule has 0 spiro atoms. The smallest absolute Gasteiger partial charge is 0.227 e. The Morgan fingerprint density at radius 1 is 1.44 bits per heavy atom. The van der Waals surface area contributed by atoms with Gasteiger partial charge < -0.3 is 5.32 Å². The summed E-state index contributed by atoms with van der Waals surface area (Å²) >= 11 is 0. The molecule has 16 heavy (non-hydrogen) atoms. The second-order valence-corrected chi connectivity index (χ2v) is 4.07. The first kappa shape index (κ1) is 10.8. The molecule has 0 unspecified atom stereocenters. The standard InChI is InChI=1S/C14H15NO/c1-2-5-11-6-3-9-13(10-11)15-14(16)12-7-4-8-12/h3,6,9-10,12H,4,7-8H2,1H3,(H,15,16). The van der Waals surface area contributed by atoms with Crippen molar-refractivity contribution in [2.75, 3.05) is 5.32 Å². The van der Waals surface area contributed by atoms with Crippen molar-refractivity contribution >= 4 is 11.6 Å². The van der Waals surface area contributed by atoms with Crippen molar-refractivity contribution in [1.82, 2.24) is 0 Å². The highest BCUT2D eigenvalue weighted by atomic mass is 16.1. The van der Waals surface area contributed by atoms with Gasteiger partial charge in [-0.3, -0.25) is 4.79 Å². The zero-order valence-electron chi connectivity index (χ0n) is 9.42. The van der Waals surface area contributed by atoms with Gasteiger partial charge in [-0.1, -0.05) is 18.4 Å². The maximum atomic E-state index is 11.7. The van der Waals surface area contributed by atoms with Crippen LogP contribution in [-0.4, -0.2) is 5.91 Å². The fourth-order valence-electron chi connectivity index (χ4n) is 1.73. The van der Waals surface area contributed by atoms with Crippen LogP contribution in [0.15, 0.2) is 24.3 Å². The summed E-state index contributed by atoms with van der Waals surface area (Å²) in [7, 11) is 0. The van der Waals surface area contributed by atoms with Gasteiger partial charge in [0.05, 0.1) is 0 Å². The van der Waals surface area contributed by atoms with E-state index in [1.54, 1.807) is 6.92 Å². The lowest BCUT2D eigenvalue weighted by Crippen LogP contribution is -2.27. The van der Waals surface area contributed by atoms with Gasteiger partial charge in [-0.25, -0.2) is 0 Å². The van der Waals surface area contributed by atoms with Gasteiger partial charge in [0.2, 0.25) is 5.91 Å². The Kier molecular flexibility index (Phi) is 3.26. The molecule has 82 valence electrons. The lowest BCUT2D eigenvalue weighted by Gasteiger charge is -2.24. The third-order valence-corrected chi connectivity index (χ3v) is 2.88. The van der Waals surface area contributed by atoms with Crippen molar-refractivity contribution in [3.8, 4) is 11.8 Å². The van der Waals surface area contributed by atoms with Crippen molar-refractivity contribution in [2.45, 2.75) is 26.2 Å². The van der Waals surface area contributed by atoms with Crippen LogP contribution < -0.4 is 5.32 Å². The predicted molar refractivity (Wildman–Crippen MR) is 65.0 cm³/mol. The quantitative estimate of drug-likeness (QED) is 0.752. The molecule has 1 aliphatic rings. The molecule has 1 saturated carbocycles. The van der Waals surface area contributed by atoms with Crippen molar-refractivity contribution in [2.24, 2.45) is 5.92 Å².